The lowest BCUT2D eigenvalue weighted by Gasteiger charge is -2.18. The molecule has 32 heavy (non-hydrogen) atoms. The zero-order chi connectivity index (χ0) is 23.3. The van der Waals surface area contributed by atoms with E-state index in [0.717, 1.165) is 29.7 Å². The van der Waals surface area contributed by atoms with E-state index in [-0.39, 0.29) is 35.6 Å². The number of hydrogen-bond donors (Lipinski definition) is 2. The largest absolute Gasteiger partial charge is 0.377 e. The average molecular weight is 460 g/mol. The molecule has 1 atom stereocenters. The minimum atomic E-state index is -3.78. The molecule has 1 saturated heterocycles. The van der Waals surface area contributed by atoms with E-state index in [4.69, 9.17) is 4.74 Å². The van der Waals surface area contributed by atoms with Gasteiger partial charge in [0, 0.05) is 31.5 Å². The minimum Gasteiger partial charge on any atom is -0.377 e. The van der Waals surface area contributed by atoms with Gasteiger partial charge >= 0.3 is 0 Å². The highest BCUT2D eigenvalue weighted by Gasteiger charge is 2.22. The first-order valence-electron chi connectivity index (χ1n) is 10.5. The average Bonchev–Trinajstić information content (AvgIpc) is 3.28. The van der Waals surface area contributed by atoms with Crippen molar-refractivity contribution in [3.05, 3.63) is 59.2 Å². The molecule has 2 amide bonds. The summed E-state index contributed by atoms with van der Waals surface area (Å²) in [6.45, 7) is 4.46. The molecule has 0 bridgehead atoms. The van der Waals surface area contributed by atoms with Crippen LogP contribution in [0.1, 0.15) is 34.3 Å². The summed E-state index contributed by atoms with van der Waals surface area (Å²) >= 11 is 0. The fourth-order valence-corrected chi connectivity index (χ4v) is 4.70. The summed E-state index contributed by atoms with van der Waals surface area (Å²) in [5.41, 5.74) is 2.78. The number of amides is 2. The second kappa shape index (κ2) is 10.2. The molecule has 1 heterocycles. The number of likely N-dealkylation sites (N-methyl/N-ethyl adjacent to an activating group) is 1. The number of rotatable bonds is 8. The van der Waals surface area contributed by atoms with Crippen LogP contribution >= 0.6 is 0 Å². The number of para-hydroxylation sites is 1. The van der Waals surface area contributed by atoms with Crippen molar-refractivity contribution in [2.75, 3.05) is 32.1 Å². The Labute approximate surface area is 189 Å². The van der Waals surface area contributed by atoms with Gasteiger partial charge < -0.3 is 15.0 Å². The summed E-state index contributed by atoms with van der Waals surface area (Å²) in [7, 11) is -2.28. The molecule has 0 spiro atoms. The van der Waals surface area contributed by atoms with E-state index in [1.54, 1.807) is 0 Å². The van der Waals surface area contributed by atoms with Crippen LogP contribution in [-0.4, -0.2) is 58.0 Å². The molecule has 2 N–H and O–H groups in total. The monoisotopic (exact) mass is 459 g/mol. The van der Waals surface area contributed by atoms with Crippen LogP contribution in [0.5, 0.6) is 0 Å². The van der Waals surface area contributed by atoms with Crippen molar-refractivity contribution in [3.63, 3.8) is 0 Å². The summed E-state index contributed by atoms with van der Waals surface area (Å²) in [5.74, 6) is -0.780. The van der Waals surface area contributed by atoms with Crippen molar-refractivity contribution < 1.29 is 22.7 Å². The van der Waals surface area contributed by atoms with Gasteiger partial charge in [-0.3, -0.25) is 9.59 Å². The van der Waals surface area contributed by atoms with Crippen molar-refractivity contribution in [1.82, 2.24) is 9.62 Å². The number of aryl methyl sites for hydroxylation is 2. The molecule has 0 unspecified atom stereocenters. The van der Waals surface area contributed by atoms with Gasteiger partial charge in [-0.1, -0.05) is 24.3 Å². The summed E-state index contributed by atoms with van der Waals surface area (Å²) in [6, 6.07) is 11.5. The van der Waals surface area contributed by atoms with Crippen molar-refractivity contribution in [2.24, 2.45) is 0 Å². The minimum absolute atomic E-state index is 0.00488. The van der Waals surface area contributed by atoms with Gasteiger partial charge in [0.05, 0.1) is 17.5 Å². The molecule has 0 saturated carbocycles. The van der Waals surface area contributed by atoms with Crippen LogP contribution in [0, 0.1) is 13.8 Å². The highest BCUT2D eigenvalue weighted by molar-refractivity contribution is 7.89. The van der Waals surface area contributed by atoms with Crippen molar-refractivity contribution >= 4 is 27.5 Å². The van der Waals surface area contributed by atoms with E-state index in [1.807, 2.05) is 32.0 Å². The molecule has 0 radical (unpaired) electrons. The fraction of sp³-hybridized carbons (Fsp3) is 0.391. The van der Waals surface area contributed by atoms with Gasteiger partial charge in [-0.15, -0.1) is 0 Å². The number of sulfonamides is 1. The van der Waals surface area contributed by atoms with E-state index in [1.165, 1.54) is 36.2 Å². The van der Waals surface area contributed by atoms with E-state index in [9.17, 15) is 18.0 Å². The van der Waals surface area contributed by atoms with Crippen molar-refractivity contribution in [2.45, 2.75) is 37.7 Å². The first-order chi connectivity index (χ1) is 15.2. The normalized spacial score (nSPS) is 16.0. The molecular weight excluding hydrogens is 430 g/mol. The summed E-state index contributed by atoms with van der Waals surface area (Å²) in [4.78, 5) is 26.6. The molecule has 172 valence electrons. The van der Waals surface area contributed by atoms with Crippen molar-refractivity contribution in [3.8, 4) is 0 Å². The lowest BCUT2D eigenvalue weighted by molar-refractivity contribution is -0.116. The molecular formula is C23H29N3O5S. The van der Waals surface area contributed by atoms with E-state index in [0.29, 0.717) is 6.61 Å². The first kappa shape index (κ1) is 23.9. The molecule has 0 aliphatic carbocycles. The Morgan fingerprint density at radius 2 is 1.81 bits per heavy atom. The van der Waals surface area contributed by atoms with Crippen LogP contribution < -0.4 is 10.0 Å². The van der Waals surface area contributed by atoms with Crippen LogP contribution in [0.4, 0.5) is 5.69 Å². The van der Waals surface area contributed by atoms with E-state index >= 15 is 0 Å². The molecule has 2 aromatic rings. The maximum atomic E-state index is 12.8. The highest BCUT2D eigenvalue weighted by Crippen LogP contribution is 2.19. The Kier molecular flexibility index (Phi) is 7.65. The van der Waals surface area contributed by atoms with Gasteiger partial charge in [-0.05, 0) is 56.0 Å². The number of carbonyl (C=O) groups excluding carboxylic acids is 2. The second-order valence-corrected chi connectivity index (χ2v) is 9.76. The molecule has 2 aromatic carbocycles. The van der Waals surface area contributed by atoms with Crippen LogP contribution in [0.25, 0.3) is 0 Å². The summed E-state index contributed by atoms with van der Waals surface area (Å²) in [5, 5.41) is 2.84. The number of carbonyl (C=O) groups is 2. The Morgan fingerprint density at radius 1 is 1.12 bits per heavy atom. The standard InChI is InChI=1S/C23H29N3O5S/c1-16-7-4-8-17(2)22(16)25-21(27)15-26(3)23(28)18-9-5-11-20(13-18)32(29,30)24-14-19-10-6-12-31-19/h4-5,7-9,11,13,19,24H,6,10,12,14-15H2,1-3H3,(H,25,27)/t19-/m0/s1. The van der Waals surface area contributed by atoms with E-state index < -0.39 is 15.9 Å². The Hall–Kier alpha value is -2.75. The fourth-order valence-electron chi connectivity index (χ4n) is 3.59. The molecule has 8 nitrogen and oxygen atoms in total. The number of anilines is 1. The molecule has 1 aliphatic heterocycles. The zero-order valence-corrected chi connectivity index (χ0v) is 19.4. The van der Waals surface area contributed by atoms with Gasteiger partial charge in [0.2, 0.25) is 15.9 Å². The van der Waals surface area contributed by atoms with Gasteiger partial charge in [-0.25, -0.2) is 13.1 Å². The van der Waals surface area contributed by atoms with Crippen LogP contribution in [0.2, 0.25) is 0 Å². The number of ether oxygens (including phenoxy) is 1. The van der Waals surface area contributed by atoms with Gasteiger partial charge in [-0.2, -0.15) is 0 Å². The second-order valence-electron chi connectivity index (χ2n) is 7.99. The third kappa shape index (κ3) is 5.93. The number of nitrogens with one attached hydrogen (secondary N) is 2. The van der Waals surface area contributed by atoms with Crippen LogP contribution in [0.15, 0.2) is 47.4 Å². The number of benzene rings is 2. The molecule has 1 aliphatic rings. The Morgan fingerprint density at radius 3 is 2.47 bits per heavy atom. The van der Waals surface area contributed by atoms with E-state index in [2.05, 4.69) is 10.0 Å². The molecule has 0 aromatic heterocycles. The van der Waals surface area contributed by atoms with Crippen LogP contribution in [0.3, 0.4) is 0 Å². The number of nitrogens with zero attached hydrogens (tertiary/aromatic N) is 1. The number of hydrogen-bond acceptors (Lipinski definition) is 5. The van der Waals surface area contributed by atoms with Gasteiger partial charge in [0.15, 0.2) is 0 Å². The predicted molar refractivity (Wildman–Crippen MR) is 122 cm³/mol. The van der Waals surface area contributed by atoms with Gasteiger partial charge in [0.1, 0.15) is 0 Å². The third-order valence-electron chi connectivity index (χ3n) is 5.39. The maximum absolute atomic E-state index is 12.8. The molecule has 9 heteroatoms. The quantitative estimate of drug-likeness (QED) is 0.631. The molecule has 1 fully saturated rings. The Bertz CT molecular complexity index is 1070. The summed E-state index contributed by atoms with van der Waals surface area (Å²) < 4.78 is 33.2. The maximum Gasteiger partial charge on any atom is 0.254 e. The summed E-state index contributed by atoms with van der Waals surface area (Å²) in [6.07, 6.45) is 1.60. The Balaban J connectivity index is 1.64. The zero-order valence-electron chi connectivity index (χ0n) is 18.6. The van der Waals surface area contributed by atoms with Gasteiger partial charge in [0.25, 0.3) is 5.91 Å². The topological polar surface area (TPSA) is 105 Å². The van der Waals surface area contributed by atoms with Crippen molar-refractivity contribution in [1.29, 1.82) is 0 Å². The predicted octanol–water partition coefficient (Wildman–Crippen LogP) is 2.47. The highest BCUT2D eigenvalue weighted by atomic mass is 32.2. The third-order valence-corrected chi connectivity index (χ3v) is 6.81. The first-order valence-corrected chi connectivity index (χ1v) is 12.0. The SMILES string of the molecule is Cc1cccc(C)c1NC(=O)CN(C)C(=O)c1cccc(S(=O)(=O)NC[C@@H]2CCCO2)c1. The van der Waals surface area contributed by atoms with Crippen LogP contribution in [-0.2, 0) is 19.6 Å². The lowest BCUT2D eigenvalue weighted by Crippen LogP contribution is -2.35. The lowest BCUT2D eigenvalue weighted by atomic mass is 10.1. The smallest absolute Gasteiger partial charge is 0.254 e. The molecule has 3 rings (SSSR count).